The summed E-state index contributed by atoms with van der Waals surface area (Å²) in [5, 5.41) is 45.8. The molecular weight excluding hydrogens is 928 g/mol. The Morgan fingerprint density at radius 3 is 1.82 bits per heavy atom. The van der Waals surface area contributed by atoms with Crippen molar-refractivity contribution in [1.82, 2.24) is 39.0 Å². The number of aliphatic hydroxyl groups is 4. The summed E-state index contributed by atoms with van der Waals surface area (Å²) in [7, 11) is -9.85. The van der Waals surface area contributed by atoms with E-state index in [4.69, 9.17) is 59.5 Å². The molecule has 6 heterocycles. The lowest BCUT2D eigenvalue weighted by Crippen LogP contribution is -2.33. The summed E-state index contributed by atoms with van der Waals surface area (Å²) in [4.78, 5) is 63.9. The van der Waals surface area contributed by atoms with E-state index in [2.05, 4.69) is 43.8 Å². The van der Waals surface area contributed by atoms with E-state index in [-0.39, 0.29) is 27.8 Å². The zero-order valence-corrected chi connectivity index (χ0v) is 35.5. The molecule has 0 saturated carbocycles. The average molecular weight is 961 g/mol. The minimum Gasteiger partial charge on any atom is -0.387 e. The maximum atomic E-state index is 13.0. The van der Waals surface area contributed by atoms with Gasteiger partial charge in [0.15, 0.2) is 40.5 Å². The Balaban J connectivity index is 1.04. The summed E-state index contributed by atoms with van der Waals surface area (Å²) in [6, 6.07) is 0. The summed E-state index contributed by atoms with van der Waals surface area (Å²) < 4.78 is 59.3. The maximum Gasteiger partial charge on any atom is 0.365 e. The highest BCUT2D eigenvalue weighted by Gasteiger charge is 2.53. The number of aliphatic hydroxyl groups excluding tert-OH is 4. The van der Waals surface area contributed by atoms with Gasteiger partial charge < -0.3 is 69.6 Å². The van der Waals surface area contributed by atoms with Crippen LogP contribution in [-0.2, 0) is 59.9 Å². The Bertz CT molecular complexity index is 2340. The molecule has 57 heavy (non-hydrogen) atoms. The quantitative estimate of drug-likeness (QED) is 0.0297. The predicted molar refractivity (Wildman–Crippen MR) is 205 cm³/mol. The third-order valence-corrected chi connectivity index (χ3v) is 19.4. The van der Waals surface area contributed by atoms with Crippen molar-refractivity contribution < 1.29 is 76.3 Å². The Morgan fingerprint density at radius 1 is 0.842 bits per heavy atom. The molecule has 0 bridgehead atoms. The molecule has 13 atom stereocenters. The number of nitrogens with zero attached hydrogens (tertiary/aromatic N) is 8. The Labute approximate surface area is 339 Å². The number of halogens is 1. The number of imidazole rings is 2. The van der Waals surface area contributed by atoms with E-state index in [1.165, 1.54) is 39.9 Å². The smallest absolute Gasteiger partial charge is 0.365 e. The first-order valence-electron chi connectivity index (χ1n) is 15.7. The van der Waals surface area contributed by atoms with E-state index >= 15 is 0 Å². The van der Waals surface area contributed by atoms with Gasteiger partial charge in [-0.3, -0.25) is 18.3 Å². The standard InChI is InChI=1S/C23H33ClN10O16P4S3/c1-26-17-11-18(28-5-27-17)33(7-30-11)20-14(37)12(35)8(47-20)3-45-53(43,55)49-51(39,40)22(24)52(41,42)50-54(44,56)46-4-9-13(36)15(38)21(48-9)34-6-29-10-16(25)31-23(57-2)32-19(10)34/h5-9,12-15,20-22,35-38H,3-4H2,1-2H3,(H,39,40)(H,41,42)(H,43,55)(H,44,56)(H2,25,31,32)(H,26,27,28)/t8-,9-,12-,13-,14-,15-,20-,21-,22?,53?,54?/m1/s1. The number of hydrogen-bond donors (Lipinski definition) is 10. The molecule has 34 heteroatoms. The maximum absolute atomic E-state index is 13.0. The van der Waals surface area contributed by atoms with Gasteiger partial charge in [0.1, 0.15) is 54.0 Å². The van der Waals surface area contributed by atoms with Crippen LogP contribution in [0.2, 0.25) is 0 Å². The normalized spacial score (nSPS) is 30.2. The van der Waals surface area contributed by atoms with Gasteiger partial charge in [0, 0.05) is 7.05 Å². The lowest BCUT2D eigenvalue weighted by molar-refractivity contribution is -0.0486. The van der Waals surface area contributed by atoms with Crippen LogP contribution < -0.4 is 11.1 Å². The topological polar surface area (TPSA) is 377 Å². The first-order chi connectivity index (χ1) is 26.6. The number of nitrogens with one attached hydrogen (secondary N) is 1. The zero-order chi connectivity index (χ0) is 41.8. The molecular formula is C23H33ClN10O16P4S3. The fraction of sp³-hybridized carbons (Fsp3) is 0.565. The molecule has 0 amide bonds. The van der Waals surface area contributed by atoms with Crippen molar-refractivity contribution in [3.8, 4) is 0 Å². The second-order valence-corrected chi connectivity index (χ2v) is 23.9. The molecule has 0 spiro atoms. The van der Waals surface area contributed by atoms with Gasteiger partial charge in [-0.25, -0.2) is 38.5 Å². The van der Waals surface area contributed by atoms with E-state index in [0.29, 0.717) is 11.3 Å². The van der Waals surface area contributed by atoms with Crippen molar-refractivity contribution in [1.29, 1.82) is 0 Å². The molecule has 2 aliphatic rings. The van der Waals surface area contributed by atoms with E-state index in [1.807, 2.05) is 0 Å². The third-order valence-electron chi connectivity index (χ3n) is 8.21. The number of alkyl halides is 1. The van der Waals surface area contributed by atoms with Crippen LogP contribution in [0.3, 0.4) is 0 Å². The lowest BCUT2D eigenvalue weighted by Gasteiger charge is -2.27. The number of anilines is 2. The second kappa shape index (κ2) is 17.1. The van der Waals surface area contributed by atoms with Crippen molar-refractivity contribution >= 4 is 110 Å². The largest absolute Gasteiger partial charge is 0.387 e. The van der Waals surface area contributed by atoms with Gasteiger partial charge in [0.2, 0.25) is 4.86 Å². The first-order valence-corrected chi connectivity index (χ1v) is 25.8. The number of ether oxygens (including phenoxy) is 2. The van der Waals surface area contributed by atoms with Crippen molar-refractivity contribution in [2.45, 2.75) is 59.1 Å². The number of aromatic nitrogens is 8. The van der Waals surface area contributed by atoms with Gasteiger partial charge in [-0.05, 0) is 29.9 Å². The minimum absolute atomic E-state index is 0.0403. The lowest BCUT2D eigenvalue weighted by atomic mass is 10.1. The van der Waals surface area contributed by atoms with E-state index in [0.717, 1.165) is 0 Å². The van der Waals surface area contributed by atoms with Crippen LogP contribution in [0.5, 0.6) is 0 Å². The van der Waals surface area contributed by atoms with E-state index in [9.17, 15) is 49.1 Å². The van der Waals surface area contributed by atoms with Crippen LogP contribution in [0.1, 0.15) is 12.5 Å². The molecule has 5 unspecified atom stereocenters. The summed E-state index contributed by atoms with van der Waals surface area (Å²) in [5.41, 5.74) is 6.80. The molecule has 2 saturated heterocycles. The summed E-state index contributed by atoms with van der Waals surface area (Å²) in [6.07, 6.45) is -6.69. The van der Waals surface area contributed by atoms with Gasteiger partial charge >= 0.3 is 28.6 Å². The number of hydrogen-bond acceptors (Lipinski definition) is 23. The SMILES string of the molecule is CNc1ncnc2c1ncn2[C@@H]1O[C@H](COP(O)(=S)OP(=O)(O)C(Cl)P(=O)(O)OP(O)(=S)OC[C@H]2O[C@@H](n3cnc4c(N)nc(SC)nc43)[C@H](O)[C@@H]2O)[C@@H](O)[C@H]1O. The Kier molecular flexibility index (Phi) is 13.5. The molecule has 4 aromatic rings. The monoisotopic (exact) mass is 960 g/mol. The Morgan fingerprint density at radius 2 is 1.33 bits per heavy atom. The number of thioether (sulfide) groups is 1. The van der Waals surface area contributed by atoms with Crippen LogP contribution in [-0.4, -0.2) is 147 Å². The van der Waals surface area contributed by atoms with Gasteiger partial charge in [0.25, 0.3) is 0 Å². The molecule has 4 aromatic heterocycles. The molecule has 2 fully saturated rings. The second-order valence-electron chi connectivity index (χ2n) is 11.9. The zero-order valence-electron chi connectivity index (χ0n) is 28.7. The number of fused-ring (bicyclic) bond motifs is 2. The fourth-order valence-electron chi connectivity index (χ4n) is 5.55. The molecule has 0 radical (unpaired) electrons. The highest BCUT2D eigenvalue weighted by atomic mass is 35.5. The van der Waals surface area contributed by atoms with Crippen LogP contribution in [0.4, 0.5) is 11.6 Å². The van der Waals surface area contributed by atoms with Gasteiger partial charge in [-0.1, -0.05) is 23.4 Å². The average Bonchev–Trinajstić information content (AvgIpc) is 3.90. The van der Waals surface area contributed by atoms with Crippen LogP contribution in [0.15, 0.2) is 24.1 Å². The Hall–Kier alpha value is -1.46. The third kappa shape index (κ3) is 9.40. The molecule has 0 aliphatic carbocycles. The van der Waals surface area contributed by atoms with Gasteiger partial charge in [-0.15, -0.1) is 0 Å². The van der Waals surface area contributed by atoms with Crippen molar-refractivity contribution in [3.63, 3.8) is 0 Å². The molecule has 2 aliphatic heterocycles. The van der Waals surface area contributed by atoms with E-state index in [1.54, 1.807) is 13.3 Å². The van der Waals surface area contributed by atoms with Crippen LogP contribution in [0, 0.1) is 0 Å². The summed E-state index contributed by atoms with van der Waals surface area (Å²) >= 11 is 16.5. The number of rotatable bonds is 16. The molecule has 316 valence electrons. The highest BCUT2D eigenvalue weighted by molar-refractivity contribution is 8.09. The summed E-state index contributed by atoms with van der Waals surface area (Å²) in [5.74, 6) is 0.403. The minimum atomic E-state index is -5.73. The fourth-order valence-corrected chi connectivity index (χ4v) is 14.9. The number of nitrogen functional groups attached to an aromatic ring is 1. The van der Waals surface area contributed by atoms with E-state index < -0.39 is 95.8 Å². The van der Waals surface area contributed by atoms with Gasteiger partial charge in [-0.2, -0.15) is 0 Å². The first kappa shape index (κ1) is 45.1. The van der Waals surface area contributed by atoms with Crippen molar-refractivity contribution in [2.75, 3.05) is 37.6 Å². The van der Waals surface area contributed by atoms with Crippen LogP contribution in [0.25, 0.3) is 22.3 Å². The molecule has 6 rings (SSSR count). The molecule has 26 nitrogen and oxygen atoms in total. The van der Waals surface area contributed by atoms with Crippen LogP contribution >= 0.6 is 52.0 Å². The molecule has 11 N–H and O–H groups in total. The highest BCUT2D eigenvalue weighted by Crippen LogP contribution is 2.76. The summed E-state index contributed by atoms with van der Waals surface area (Å²) in [6.45, 7) is -11.5. The van der Waals surface area contributed by atoms with Crippen molar-refractivity contribution in [2.24, 2.45) is 0 Å². The van der Waals surface area contributed by atoms with Crippen molar-refractivity contribution in [3.05, 3.63) is 19.0 Å². The van der Waals surface area contributed by atoms with Gasteiger partial charge in [0.05, 0.1) is 25.9 Å². The molecule has 0 aromatic carbocycles. The predicted octanol–water partition coefficient (Wildman–Crippen LogP) is -0.356. The number of nitrogens with two attached hydrogens (primary N) is 1.